The van der Waals surface area contributed by atoms with Gasteiger partial charge < -0.3 is 15.5 Å². The van der Waals surface area contributed by atoms with Crippen molar-refractivity contribution in [3.05, 3.63) is 41.1 Å². The molecule has 1 heterocycles. The standard InChI is InChI=1S/C18H24N2O2/c1-6-22-17(21)14-11(2)20-16(15(14)19)12-7-9-13(10-8-12)18(3,4)5/h7-10,20H,6,19H2,1-5H3. The van der Waals surface area contributed by atoms with Gasteiger partial charge in [0.05, 0.1) is 18.0 Å². The number of nitrogens with one attached hydrogen (secondary N) is 1. The smallest absolute Gasteiger partial charge is 0.342 e. The maximum absolute atomic E-state index is 12.0. The van der Waals surface area contributed by atoms with Crippen molar-refractivity contribution >= 4 is 11.7 Å². The Bertz CT molecular complexity index is 676. The van der Waals surface area contributed by atoms with E-state index >= 15 is 0 Å². The number of nitrogens with two attached hydrogens (primary N) is 1. The topological polar surface area (TPSA) is 68.1 Å². The van der Waals surface area contributed by atoms with Crippen molar-refractivity contribution < 1.29 is 9.53 Å². The van der Waals surface area contributed by atoms with Crippen molar-refractivity contribution in [2.45, 2.75) is 40.0 Å². The molecule has 0 amide bonds. The summed E-state index contributed by atoms with van der Waals surface area (Å²) in [5.74, 6) is -0.383. The first-order valence-electron chi connectivity index (χ1n) is 7.51. The minimum absolute atomic E-state index is 0.103. The third kappa shape index (κ3) is 3.01. The Hall–Kier alpha value is -2.23. The maximum atomic E-state index is 12.0. The van der Waals surface area contributed by atoms with Crippen LogP contribution in [0.2, 0.25) is 0 Å². The van der Waals surface area contributed by atoms with Crippen LogP contribution in [0, 0.1) is 6.92 Å². The number of carbonyl (C=O) groups excluding carboxylic acids is 1. The highest BCUT2D eigenvalue weighted by molar-refractivity contribution is 6.00. The second-order valence-electron chi connectivity index (χ2n) is 6.46. The quantitative estimate of drug-likeness (QED) is 0.840. The van der Waals surface area contributed by atoms with Gasteiger partial charge in [-0.05, 0) is 24.8 Å². The number of benzene rings is 1. The Labute approximate surface area is 131 Å². The summed E-state index contributed by atoms with van der Waals surface area (Å²) < 4.78 is 5.06. The Kier molecular flexibility index (Phi) is 4.31. The minimum Gasteiger partial charge on any atom is -0.462 e. The molecule has 0 aliphatic rings. The van der Waals surface area contributed by atoms with Gasteiger partial charge in [0, 0.05) is 11.3 Å². The molecule has 1 aromatic heterocycles. The molecular formula is C18H24N2O2. The predicted octanol–water partition coefficient (Wildman–Crippen LogP) is 4.05. The van der Waals surface area contributed by atoms with Gasteiger partial charge in [-0.1, -0.05) is 45.0 Å². The number of carbonyl (C=O) groups is 1. The van der Waals surface area contributed by atoms with E-state index in [4.69, 9.17) is 10.5 Å². The summed E-state index contributed by atoms with van der Waals surface area (Å²) in [5, 5.41) is 0. The molecule has 2 rings (SSSR count). The van der Waals surface area contributed by atoms with E-state index < -0.39 is 0 Å². The monoisotopic (exact) mass is 300 g/mol. The van der Waals surface area contributed by atoms with Crippen LogP contribution in [0.1, 0.15) is 49.3 Å². The molecule has 118 valence electrons. The van der Waals surface area contributed by atoms with Gasteiger partial charge in [-0.15, -0.1) is 0 Å². The molecule has 3 N–H and O–H groups in total. The van der Waals surface area contributed by atoms with Gasteiger partial charge in [0.1, 0.15) is 5.56 Å². The number of esters is 1. The van der Waals surface area contributed by atoms with Gasteiger partial charge >= 0.3 is 5.97 Å². The Balaban J connectivity index is 2.42. The predicted molar refractivity (Wildman–Crippen MR) is 90.0 cm³/mol. The van der Waals surface area contributed by atoms with E-state index in [1.165, 1.54) is 5.56 Å². The summed E-state index contributed by atoms with van der Waals surface area (Å²) in [6.45, 7) is 10.5. The largest absolute Gasteiger partial charge is 0.462 e. The highest BCUT2D eigenvalue weighted by atomic mass is 16.5. The van der Waals surface area contributed by atoms with Crippen molar-refractivity contribution in [3.8, 4) is 11.3 Å². The molecule has 2 aromatic rings. The SMILES string of the molecule is CCOC(=O)c1c(C)[nH]c(-c2ccc(C(C)(C)C)cc2)c1N. The highest BCUT2D eigenvalue weighted by Crippen LogP contribution is 2.32. The summed E-state index contributed by atoms with van der Waals surface area (Å²) in [4.78, 5) is 15.2. The fourth-order valence-electron chi connectivity index (χ4n) is 2.48. The van der Waals surface area contributed by atoms with Crippen LogP contribution >= 0.6 is 0 Å². The Morgan fingerprint density at radius 2 is 1.82 bits per heavy atom. The Morgan fingerprint density at radius 1 is 1.23 bits per heavy atom. The molecule has 0 saturated heterocycles. The van der Waals surface area contributed by atoms with Crippen LogP contribution in [0.5, 0.6) is 0 Å². The molecule has 0 aliphatic carbocycles. The van der Waals surface area contributed by atoms with E-state index in [-0.39, 0.29) is 11.4 Å². The molecule has 22 heavy (non-hydrogen) atoms. The van der Waals surface area contributed by atoms with Crippen molar-refractivity contribution in [3.63, 3.8) is 0 Å². The van der Waals surface area contributed by atoms with E-state index in [2.05, 4.69) is 37.9 Å². The zero-order chi connectivity index (χ0) is 16.5. The van der Waals surface area contributed by atoms with E-state index in [1.807, 2.05) is 19.1 Å². The van der Waals surface area contributed by atoms with Crippen molar-refractivity contribution in [2.75, 3.05) is 12.3 Å². The molecular weight excluding hydrogens is 276 g/mol. The highest BCUT2D eigenvalue weighted by Gasteiger charge is 2.21. The number of hydrogen-bond acceptors (Lipinski definition) is 3. The average Bonchev–Trinajstić information content (AvgIpc) is 2.73. The lowest BCUT2D eigenvalue weighted by atomic mass is 9.86. The molecule has 1 aromatic carbocycles. The third-order valence-electron chi connectivity index (χ3n) is 3.75. The Morgan fingerprint density at radius 3 is 2.32 bits per heavy atom. The van der Waals surface area contributed by atoms with Crippen molar-refractivity contribution in [1.29, 1.82) is 0 Å². The lowest BCUT2D eigenvalue weighted by molar-refractivity contribution is 0.0527. The molecule has 0 fully saturated rings. The van der Waals surface area contributed by atoms with Gasteiger partial charge in [0.25, 0.3) is 0 Å². The zero-order valence-corrected chi connectivity index (χ0v) is 13.9. The van der Waals surface area contributed by atoms with E-state index in [0.29, 0.717) is 17.9 Å². The van der Waals surface area contributed by atoms with Crippen LogP contribution in [0.15, 0.2) is 24.3 Å². The van der Waals surface area contributed by atoms with Crippen LogP contribution in [-0.2, 0) is 10.2 Å². The number of anilines is 1. The van der Waals surface area contributed by atoms with E-state index in [0.717, 1.165) is 17.0 Å². The maximum Gasteiger partial charge on any atom is 0.342 e. The third-order valence-corrected chi connectivity index (χ3v) is 3.75. The second kappa shape index (κ2) is 5.87. The van der Waals surface area contributed by atoms with E-state index in [1.54, 1.807) is 6.92 Å². The van der Waals surface area contributed by atoms with Gasteiger partial charge in [-0.3, -0.25) is 0 Å². The second-order valence-corrected chi connectivity index (χ2v) is 6.46. The summed E-state index contributed by atoms with van der Waals surface area (Å²) in [6, 6.07) is 8.23. The number of hydrogen-bond donors (Lipinski definition) is 2. The minimum atomic E-state index is -0.383. The summed E-state index contributed by atoms with van der Waals surface area (Å²) >= 11 is 0. The average molecular weight is 300 g/mol. The first-order valence-corrected chi connectivity index (χ1v) is 7.51. The van der Waals surface area contributed by atoms with Crippen LogP contribution in [-0.4, -0.2) is 17.6 Å². The first-order chi connectivity index (χ1) is 10.3. The van der Waals surface area contributed by atoms with Crippen molar-refractivity contribution in [2.24, 2.45) is 0 Å². The van der Waals surface area contributed by atoms with Gasteiger partial charge in [0.2, 0.25) is 0 Å². The van der Waals surface area contributed by atoms with E-state index in [9.17, 15) is 4.79 Å². The first kappa shape index (κ1) is 16.1. The number of rotatable bonds is 3. The molecule has 0 saturated carbocycles. The summed E-state index contributed by atoms with van der Waals surface area (Å²) in [7, 11) is 0. The molecule has 0 spiro atoms. The van der Waals surface area contributed by atoms with Crippen LogP contribution in [0.3, 0.4) is 0 Å². The molecule has 0 atom stereocenters. The van der Waals surface area contributed by atoms with Crippen molar-refractivity contribution in [1.82, 2.24) is 4.98 Å². The lowest BCUT2D eigenvalue weighted by Crippen LogP contribution is -2.10. The fraction of sp³-hybridized carbons (Fsp3) is 0.389. The number of aromatic nitrogens is 1. The normalized spacial score (nSPS) is 11.5. The molecule has 0 radical (unpaired) electrons. The lowest BCUT2D eigenvalue weighted by Gasteiger charge is -2.19. The molecule has 0 unspecified atom stereocenters. The molecule has 4 nitrogen and oxygen atoms in total. The molecule has 0 bridgehead atoms. The van der Waals surface area contributed by atoms with Gasteiger partial charge in [0.15, 0.2) is 0 Å². The van der Waals surface area contributed by atoms with Crippen LogP contribution < -0.4 is 5.73 Å². The summed E-state index contributed by atoms with van der Waals surface area (Å²) in [5.41, 5.74) is 10.8. The molecule has 4 heteroatoms. The fourth-order valence-corrected chi connectivity index (χ4v) is 2.48. The number of H-pyrrole nitrogens is 1. The zero-order valence-electron chi connectivity index (χ0n) is 13.9. The number of nitrogen functional groups attached to an aromatic ring is 1. The number of aryl methyl sites for hydroxylation is 1. The van der Waals surface area contributed by atoms with Crippen LogP contribution in [0.4, 0.5) is 5.69 Å². The van der Waals surface area contributed by atoms with Gasteiger partial charge in [-0.25, -0.2) is 4.79 Å². The van der Waals surface area contributed by atoms with Crippen LogP contribution in [0.25, 0.3) is 11.3 Å². The summed E-state index contributed by atoms with van der Waals surface area (Å²) in [6.07, 6.45) is 0. The molecule has 0 aliphatic heterocycles. The number of aromatic amines is 1. The number of ether oxygens (including phenoxy) is 1. The van der Waals surface area contributed by atoms with Gasteiger partial charge in [-0.2, -0.15) is 0 Å².